The number of carbonyl (C=O) groups is 1. The van der Waals surface area contributed by atoms with E-state index in [1.54, 1.807) is 18.2 Å². The van der Waals surface area contributed by atoms with E-state index in [2.05, 4.69) is 5.32 Å². The van der Waals surface area contributed by atoms with E-state index in [0.717, 1.165) is 16.9 Å². The van der Waals surface area contributed by atoms with Gasteiger partial charge in [0.15, 0.2) is 0 Å². The monoisotopic (exact) mass is 311 g/mol. The molecule has 110 valence electrons. The van der Waals surface area contributed by atoms with Gasteiger partial charge in [0.2, 0.25) is 5.91 Å². The van der Waals surface area contributed by atoms with Crippen LogP contribution in [0, 0.1) is 0 Å². The fourth-order valence-corrected chi connectivity index (χ4v) is 2.33. The highest BCUT2D eigenvalue weighted by Gasteiger charge is 2.09. The molecule has 2 aromatic rings. The van der Waals surface area contributed by atoms with Crippen molar-refractivity contribution in [2.24, 2.45) is 0 Å². The highest BCUT2D eigenvalue weighted by Crippen LogP contribution is 2.26. The van der Waals surface area contributed by atoms with Crippen molar-refractivity contribution in [2.75, 3.05) is 11.9 Å². The lowest BCUT2D eigenvalue weighted by atomic mass is 10.1. The van der Waals surface area contributed by atoms with Crippen LogP contribution in [0.3, 0.4) is 0 Å². The van der Waals surface area contributed by atoms with E-state index < -0.39 is 0 Å². The topological polar surface area (TPSA) is 38.3 Å². The summed E-state index contributed by atoms with van der Waals surface area (Å²) < 4.78 is 5.63. The van der Waals surface area contributed by atoms with E-state index in [1.165, 1.54) is 6.08 Å². The molecule has 0 radical (unpaired) electrons. The first kappa shape index (κ1) is 14.4. The summed E-state index contributed by atoms with van der Waals surface area (Å²) in [6, 6.07) is 14.9. The molecule has 0 atom stereocenters. The second-order valence-corrected chi connectivity index (χ2v) is 5.26. The Labute approximate surface area is 133 Å². The summed E-state index contributed by atoms with van der Waals surface area (Å²) in [5.41, 5.74) is 2.55. The molecule has 2 aromatic carbocycles. The van der Waals surface area contributed by atoms with Gasteiger partial charge >= 0.3 is 0 Å². The van der Waals surface area contributed by atoms with Gasteiger partial charge in [0.1, 0.15) is 12.4 Å². The van der Waals surface area contributed by atoms with Gasteiger partial charge in [0, 0.05) is 11.6 Å². The summed E-state index contributed by atoms with van der Waals surface area (Å²) in [6.07, 6.45) is 5.24. The average Bonchev–Trinajstić information content (AvgIpc) is 2.55. The summed E-state index contributed by atoms with van der Waals surface area (Å²) in [5.74, 6) is 0.632. The third kappa shape index (κ3) is 3.38. The molecule has 3 nitrogen and oxygen atoms in total. The molecule has 1 N–H and O–H groups in total. The first-order valence-corrected chi connectivity index (χ1v) is 7.26. The zero-order valence-corrected chi connectivity index (χ0v) is 12.5. The van der Waals surface area contributed by atoms with Crippen LogP contribution in [0.25, 0.3) is 6.08 Å². The van der Waals surface area contributed by atoms with Crippen molar-refractivity contribution < 1.29 is 9.53 Å². The molecular weight excluding hydrogens is 298 g/mol. The Balaban J connectivity index is 1.69. The molecule has 4 heteroatoms. The SMILES string of the molecule is O=C(/C=C/C1=Cc2ccccc2OC1)Nc1ccccc1Cl. The van der Waals surface area contributed by atoms with Crippen molar-refractivity contribution in [3.63, 3.8) is 0 Å². The number of para-hydroxylation sites is 2. The first-order chi connectivity index (χ1) is 10.7. The number of fused-ring (bicyclic) bond motifs is 1. The summed E-state index contributed by atoms with van der Waals surface area (Å²) in [7, 11) is 0. The third-order valence-electron chi connectivity index (χ3n) is 3.23. The Morgan fingerprint density at radius 1 is 1.14 bits per heavy atom. The van der Waals surface area contributed by atoms with Gasteiger partial charge in [0.25, 0.3) is 0 Å². The lowest BCUT2D eigenvalue weighted by Crippen LogP contribution is -2.10. The normalized spacial score (nSPS) is 13.2. The van der Waals surface area contributed by atoms with Crippen LogP contribution in [0.5, 0.6) is 5.75 Å². The van der Waals surface area contributed by atoms with Gasteiger partial charge in [-0.25, -0.2) is 0 Å². The molecule has 1 aliphatic rings. The Morgan fingerprint density at radius 2 is 1.91 bits per heavy atom. The van der Waals surface area contributed by atoms with Crippen molar-refractivity contribution >= 4 is 29.3 Å². The predicted molar refractivity (Wildman–Crippen MR) is 89.1 cm³/mol. The molecule has 1 amide bonds. The number of carbonyl (C=O) groups excluding carboxylic acids is 1. The quantitative estimate of drug-likeness (QED) is 0.858. The van der Waals surface area contributed by atoms with Gasteiger partial charge in [-0.05, 0) is 29.8 Å². The molecule has 0 aromatic heterocycles. The number of halogens is 1. The predicted octanol–water partition coefficient (Wildman–Crippen LogP) is 4.31. The smallest absolute Gasteiger partial charge is 0.248 e. The van der Waals surface area contributed by atoms with Gasteiger partial charge in [-0.2, -0.15) is 0 Å². The Hall–Kier alpha value is -2.52. The molecule has 0 fully saturated rings. The van der Waals surface area contributed by atoms with Gasteiger partial charge in [-0.3, -0.25) is 4.79 Å². The highest BCUT2D eigenvalue weighted by atomic mass is 35.5. The van der Waals surface area contributed by atoms with Crippen molar-refractivity contribution in [2.45, 2.75) is 0 Å². The maximum absolute atomic E-state index is 11.9. The lowest BCUT2D eigenvalue weighted by Gasteiger charge is -2.15. The molecule has 1 aliphatic heterocycles. The van der Waals surface area contributed by atoms with E-state index in [0.29, 0.717) is 17.3 Å². The molecule has 0 unspecified atom stereocenters. The van der Waals surface area contributed by atoms with Crippen LogP contribution in [0.2, 0.25) is 5.02 Å². The number of benzene rings is 2. The summed E-state index contributed by atoms with van der Waals surface area (Å²) in [4.78, 5) is 11.9. The summed E-state index contributed by atoms with van der Waals surface area (Å²) in [5, 5.41) is 3.26. The number of rotatable bonds is 3. The maximum atomic E-state index is 11.9. The van der Waals surface area contributed by atoms with Crippen LogP contribution in [-0.4, -0.2) is 12.5 Å². The molecule has 0 aliphatic carbocycles. The number of ether oxygens (including phenoxy) is 1. The Morgan fingerprint density at radius 3 is 2.77 bits per heavy atom. The second-order valence-electron chi connectivity index (χ2n) is 4.85. The van der Waals surface area contributed by atoms with E-state index in [1.807, 2.05) is 42.5 Å². The number of amides is 1. The number of hydrogen-bond donors (Lipinski definition) is 1. The standard InChI is InChI=1S/C18H14ClNO2/c19-15-6-2-3-7-16(15)20-18(21)10-9-13-11-14-5-1-4-8-17(14)22-12-13/h1-11H,12H2,(H,20,21)/b10-9+. The van der Waals surface area contributed by atoms with Crippen LogP contribution in [0.15, 0.2) is 66.3 Å². The van der Waals surface area contributed by atoms with Crippen LogP contribution < -0.4 is 10.1 Å². The number of anilines is 1. The van der Waals surface area contributed by atoms with Crippen molar-refractivity contribution in [1.82, 2.24) is 0 Å². The van der Waals surface area contributed by atoms with Crippen molar-refractivity contribution in [3.8, 4) is 5.75 Å². The Kier molecular flexibility index (Phi) is 4.26. The van der Waals surface area contributed by atoms with Crippen molar-refractivity contribution in [3.05, 3.63) is 76.8 Å². The van der Waals surface area contributed by atoms with E-state index in [9.17, 15) is 4.79 Å². The summed E-state index contributed by atoms with van der Waals surface area (Å²) in [6.45, 7) is 0.451. The van der Waals surface area contributed by atoms with Gasteiger partial charge in [0.05, 0.1) is 10.7 Å². The fourth-order valence-electron chi connectivity index (χ4n) is 2.15. The van der Waals surface area contributed by atoms with Gasteiger partial charge in [-0.1, -0.05) is 48.0 Å². The van der Waals surface area contributed by atoms with Crippen LogP contribution in [0.4, 0.5) is 5.69 Å². The Bertz CT molecular complexity index is 765. The van der Waals surface area contributed by atoms with Crippen LogP contribution >= 0.6 is 11.6 Å². The van der Waals surface area contributed by atoms with E-state index in [-0.39, 0.29) is 5.91 Å². The zero-order chi connectivity index (χ0) is 15.4. The van der Waals surface area contributed by atoms with Gasteiger partial charge < -0.3 is 10.1 Å². The highest BCUT2D eigenvalue weighted by molar-refractivity contribution is 6.33. The maximum Gasteiger partial charge on any atom is 0.248 e. The molecule has 0 saturated carbocycles. The lowest BCUT2D eigenvalue weighted by molar-refractivity contribution is -0.111. The van der Waals surface area contributed by atoms with E-state index >= 15 is 0 Å². The molecule has 0 bridgehead atoms. The molecule has 22 heavy (non-hydrogen) atoms. The van der Waals surface area contributed by atoms with Crippen LogP contribution in [-0.2, 0) is 4.79 Å². The third-order valence-corrected chi connectivity index (χ3v) is 3.56. The summed E-state index contributed by atoms with van der Waals surface area (Å²) >= 11 is 6.00. The number of nitrogens with one attached hydrogen (secondary N) is 1. The largest absolute Gasteiger partial charge is 0.488 e. The molecule has 0 saturated heterocycles. The minimum Gasteiger partial charge on any atom is -0.488 e. The first-order valence-electron chi connectivity index (χ1n) is 6.88. The van der Waals surface area contributed by atoms with Crippen LogP contribution in [0.1, 0.15) is 5.56 Å². The van der Waals surface area contributed by atoms with E-state index in [4.69, 9.17) is 16.3 Å². The zero-order valence-electron chi connectivity index (χ0n) is 11.8. The minimum atomic E-state index is -0.229. The molecule has 1 heterocycles. The van der Waals surface area contributed by atoms with Crippen molar-refractivity contribution in [1.29, 1.82) is 0 Å². The fraction of sp³-hybridized carbons (Fsp3) is 0.0556. The molecule has 0 spiro atoms. The average molecular weight is 312 g/mol. The molecule has 3 rings (SSSR count). The minimum absolute atomic E-state index is 0.229. The van der Waals surface area contributed by atoms with Gasteiger partial charge in [-0.15, -0.1) is 0 Å². The number of hydrogen-bond acceptors (Lipinski definition) is 2. The molecular formula is C18H14ClNO2. The second kappa shape index (κ2) is 6.50.